The summed E-state index contributed by atoms with van der Waals surface area (Å²) in [5.41, 5.74) is 0. The number of pyridine rings is 1. The Labute approximate surface area is 99.6 Å². The molecule has 3 heterocycles. The molecule has 92 valence electrons. The molecule has 17 heavy (non-hydrogen) atoms. The zero-order chi connectivity index (χ0) is 12.0. The summed E-state index contributed by atoms with van der Waals surface area (Å²) in [5, 5.41) is 0. The van der Waals surface area contributed by atoms with E-state index in [1.165, 1.54) is 12.3 Å². The first kappa shape index (κ1) is 10.9. The fraction of sp³-hybridized carbons (Fsp3) is 0.500. The molecular formula is C10H13N3O3S. The monoisotopic (exact) mass is 255 g/mol. The Kier molecular flexibility index (Phi) is 2.35. The Morgan fingerprint density at radius 2 is 2.35 bits per heavy atom. The minimum Gasteiger partial charge on any atom is -0.470 e. The summed E-state index contributed by atoms with van der Waals surface area (Å²) < 4.78 is 32.5. The summed E-state index contributed by atoms with van der Waals surface area (Å²) in [4.78, 5) is 6.16. The number of aromatic nitrogens is 1. The second kappa shape index (κ2) is 3.66. The van der Waals surface area contributed by atoms with Crippen molar-refractivity contribution >= 4 is 10.0 Å². The first-order chi connectivity index (χ1) is 8.06. The molecule has 6 nitrogen and oxygen atoms in total. The van der Waals surface area contributed by atoms with Gasteiger partial charge in [0.25, 0.3) is 0 Å². The van der Waals surface area contributed by atoms with Crippen molar-refractivity contribution < 1.29 is 13.2 Å². The Hall–Kier alpha value is -1.18. The number of rotatable bonds is 0. The Bertz CT molecular complexity index is 545. The van der Waals surface area contributed by atoms with Crippen LogP contribution in [-0.2, 0) is 10.0 Å². The molecule has 1 fully saturated rings. The van der Waals surface area contributed by atoms with Crippen molar-refractivity contribution in [1.29, 1.82) is 0 Å². The lowest BCUT2D eigenvalue weighted by molar-refractivity contribution is 0.182. The van der Waals surface area contributed by atoms with Crippen molar-refractivity contribution in [3.8, 4) is 5.88 Å². The molecule has 0 bridgehead atoms. The third kappa shape index (κ3) is 1.80. The third-order valence-electron chi connectivity index (χ3n) is 3.04. The van der Waals surface area contributed by atoms with Crippen molar-refractivity contribution in [3.05, 3.63) is 18.3 Å². The normalized spacial score (nSPS) is 31.1. The van der Waals surface area contributed by atoms with Crippen LogP contribution in [0.5, 0.6) is 5.88 Å². The zero-order valence-corrected chi connectivity index (χ0v) is 10.1. The van der Waals surface area contributed by atoms with Crippen LogP contribution in [0.2, 0.25) is 0 Å². The van der Waals surface area contributed by atoms with E-state index in [4.69, 9.17) is 4.74 Å². The van der Waals surface area contributed by atoms with E-state index < -0.39 is 10.0 Å². The van der Waals surface area contributed by atoms with Crippen LogP contribution in [0.3, 0.4) is 0 Å². The lowest BCUT2D eigenvalue weighted by Gasteiger charge is -2.14. The van der Waals surface area contributed by atoms with E-state index >= 15 is 0 Å². The molecule has 0 amide bonds. The van der Waals surface area contributed by atoms with E-state index in [-0.39, 0.29) is 22.9 Å². The van der Waals surface area contributed by atoms with Crippen molar-refractivity contribution in [2.75, 3.05) is 20.1 Å². The second-order valence-corrected chi connectivity index (χ2v) is 6.09. The topological polar surface area (TPSA) is 71.5 Å². The molecule has 2 aliphatic rings. The minimum atomic E-state index is -3.52. The molecule has 2 atom stereocenters. The Balaban J connectivity index is 2.08. The van der Waals surface area contributed by atoms with Crippen molar-refractivity contribution in [2.45, 2.75) is 17.0 Å². The van der Waals surface area contributed by atoms with Crippen LogP contribution in [0, 0.1) is 0 Å². The molecule has 0 radical (unpaired) electrons. The fourth-order valence-electron chi connectivity index (χ4n) is 2.27. The number of likely N-dealkylation sites (N-methyl/N-ethyl adjacent to an activating group) is 1. The van der Waals surface area contributed by atoms with Gasteiger partial charge < -0.3 is 9.64 Å². The molecule has 0 saturated carbocycles. The zero-order valence-electron chi connectivity index (χ0n) is 9.33. The second-order valence-electron chi connectivity index (χ2n) is 4.41. The lowest BCUT2D eigenvalue weighted by Crippen LogP contribution is -2.42. The van der Waals surface area contributed by atoms with E-state index in [0.29, 0.717) is 13.1 Å². The lowest BCUT2D eigenvalue weighted by atomic mass is 10.2. The number of likely N-dealkylation sites (tertiary alicyclic amines) is 1. The number of ether oxygens (including phenoxy) is 1. The van der Waals surface area contributed by atoms with E-state index in [0.717, 1.165) is 0 Å². The van der Waals surface area contributed by atoms with E-state index in [1.54, 1.807) is 6.07 Å². The minimum absolute atomic E-state index is 0.122. The van der Waals surface area contributed by atoms with Crippen LogP contribution >= 0.6 is 0 Å². The van der Waals surface area contributed by atoms with Gasteiger partial charge in [0.05, 0.1) is 6.04 Å². The first-order valence-corrected chi connectivity index (χ1v) is 6.87. The summed E-state index contributed by atoms with van der Waals surface area (Å²) in [6.45, 7) is 1.35. The summed E-state index contributed by atoms with van der Waals surface area (Å²) in [6, 6.07) is 2.89. The van der Waals surface area contributed by atoms with Gasteiger partial charge >= 0.3 is 0 Å². The molecule has 1 N–H and O–H groups in total. The highest BCUT2D eigenvalue weighted by atomic mass is 32.2. The first-order valence-electron chi connectivity index (χ1n) is 5.39. The van der Waals surface area contributed by atoms with Gasteiger partial charge in [0.1, 0.15) is 11.0 Å². The molecule has 3 rings (SSSR count). The molecular weight excluding hydrogens is 242 g/mol. The van der Waals surface area contributed by atoms with Gasteiger partial charge in [-0.1, -0.05) is 0 Å². The van der Waals surface area contributed by atoms with Gasteiger partial charge in [-0.25, -0.2) is 18.1 Å². The third-order valence-corrected chi connectivity index (χ3v) is 4.55. The van der Waals surface area contributed by atoms with Crippen LogP contribution < -0.4 is 9.46 Å². The van der Waals surface area contributed by atoms with Gasteiger partial charge in [0, 0.05) is 19.3 Å². The molecule has 1 aromatic rings. The summed E-state index contributed by atoms with van der Waals surface area (Å²) in [7, 11) is -1.58. The van der Waals surface area contributed by atoms with Crippen LogP contribution in [0.15, 0.2) is 23.2 Å². The molecule has 0 spiro atoms. The van der Waals surface area contributed by atoms with Gasteiger partial charge in [-0.15, -0.1) is 0 Å². The molecule has 0 aromatic carbocycles. The highest BCUT2D eigenvalue weighted by molar-refractivity contribution is 7.89. The van der Waals surface area contributed by atoms with Crippen LogP contribution in [0.1, 0.15) is 0 Å². The van der Waals surface area contributed by atoms with Crippen molar-refractivity contribution in [1.82, 2.24) is 14.6 Å². The van der Waals surface area contributed by atoms with Crippen LogP contribution in [0.25, 0.3) is 0 Å². The SMILES string of the molecule is CN1CC2NS(=O)(=O)c3cccnc3OC2C1. The molecule has 2 aliphatic heterocycles. The van der Waals surface area contributed by atoms with Gasteiger partial charge in [-0.05, 0) is 19.2 Å². The van der Waals surface area contributed by atoms with Crippen molar-refractivity contribution in [2.24, 2.45) is 0 Å². The average Bonchev–Trinajstić information content (AvgIpc) is 2.54. The average molecular weight is 255 g/mol. The fourth-order valence-corrected chi connectivity index (χ4v) is 3.61. The van der Waals surface area contributed by atoms with Gasteiger partial charge in [-0.2, -0.15) is 0 Å². The predicted molar refractivity (Wildman–Crippen MR) is 60.3 cm³/mol. The highest BCUT2D eigenvalue weighted by Gasteiger charge is 2.40. The highest BCUT2D eigenvalue weighted by Crippen LogP contribution is 2.28. The molecule has 0 aliphatic carbocycles. The van der Waals surface area contributed by atoms with E-state index in [1.807, 2.05) is 11.9 Å². The van der Waals surface area contributed by atoms with Crippen LogP contribution in [-0.4, -0.2) is 50.6 Å². The summed E-state index contributed by atoms with van der Waals surface area (Å²) >= 11 is 0. The quantitative estimate of drug-likeness (QED) is 0.672. The van der Waals surface area contributed by atoms with Crippen LogP contribution in [0.4, 0.5) is 0 Å². The van der Waals surface area contributed by atoms with E-state index in [9.17, 15) is 8.42 Å². The Morgan fingerprint density at radius 3 is 3.18 bits per heavy atom. The maximum absolute atomic E-state index is 12.1. The summed E-state index contributed by atoms with van der Waals surface area (Å²) in [6.07, 6.45) is 1.36. The number of fused-ring (bicyclic) bond motifs is 2. The number of nitrogens with one attached hydrogen (secondary N) is 1. The van der Waals surface area contributed by atoms with E-state index in [2.05, 4.69) is 9.71 Å². The standard InChI is InChI=1S/C10H13N3O3S/c1-13-5-7-8(6-13)16-10-9(3-2-4-11-10)17(14,15)12-7/h2-4,7-8,12H,5-6H2,1H3. The molecule has 1 saturated heterocycles. The summed E-state index contributed by atoms with van der Waals surface area (Å²) in [5.74, 6) is 0.197. The molecule has 2 unspecified atom stereocenters. The van der Waals surface area contributed by atoms with Gasteiger partial charge in [0.15, 0.2) is 0 Å². The van der Waals surface area contributed by atoms with Gasteiger partial charge in [-0.3, -0.25) is 0 Å². The van der Waals surface area contributed by atoms with Gasteiger partial charge in [0.2, 0.25) is 15.9 Å². The predicted octanol–water partition coefficient (Wildman–Crippen LogP) is -0.565. The number of sulfonamides is 1. The number of nitrogens with zero attached hydrogens (tertiary/aromatic N) is 2. The molecule has 1 aromatic heterocycles. The maximum Gasteiger partial charge on any atom is 0.246 e. The molecule has 7 heteroatoms. The number of hydrogen-bond acceptors (Lipinski definition) is 5. The Morgan fingerprint density at radius 1 is 1.53 bits per heavy atom. The maximum atomic E-state index is 12.1. The number of hydrogen-bond donors (Lipinski definition) is 1. The smallest absolute Gasteiger partial charge is 0.246 e. The van der Waals surface area contributed by atoms with Crippen molar-refractivity contribution in [3.63, 3.8) is 0 Å². The largest absolute Gasteiger partial charge is 0.470 e.